The first kappa shape index (κ1) is 9.77. The Bertz CT molecular complexity index is 424. The zero-order chi connectivity index (χ0) is 10.8. The molecule has 0 atom stereocenters. The number of fused-ring (bicyclic) bond motifs is 1. The maximum atomic E-state index is 10.9. The van der Waals surface area contributed by atoms with E-state index in [9.17, 15) is 4.79 Å². The van der Waals surface area contributed by atoms with E-state index in [4.69, 9.17) is 0 Å². The van der Waals surface area contributed by atoms with Gasteiger partial charge in [-0.1, -0.05) is 12.6 Å². The van der Waals surface area contributed by atoms with E-state index in [-0.39, 0.29) is 5.91 Å². The number of benzene rings is 1. The third-order valence-corrected chi connectivity index (χ3v) is 2.49. The van der Waals surface area contributed by atoms with Crippen LogP contribution in [0, 0.1) is 0 Å². The number of nitrogens with one attached hydrogen (secondary N) is 2. The molecule has 0 saturated carbocycles. The maximum absolute atomic E-state index is 10.9. The highest BCUT2D eigenvalue weighted by molar-refractivity contribution is 5.89. The fourth-order valence-corrected chi connectivity index (χ4v) is 1.80. The molecule has 15 heavy (non-hydrogen) atoms. The summed E-state index contributed by atoms with van der Waals surface area (Å²) in [7, 11) is 0. The van der Waals surface area contributed by atoms with Crippen LogP contribution in [0.5, 0.6) is 0 Å². The van der Waals surface area contributed by atoms with Gasteiger partial charge < -0.3 is 10.6 Å². The van der Waals surface area contributed by atoms with Gasteiger partial charge in [0, 0.05) is 30.4 Å². The second-order valence-corrected chi connectivity index (χ2v) is 3.71. The Morgan fingerprint density at radius 3 is 3.07 bits per heavy atom. The molecule has 1 aliphatic rings. The molecular weight excluding hydrogens is 188 g/mol. The van der Waals surface area contributed by atoms with Gasteiger partial charge in [0.25, 0.3) is 0 Å². The van der Waals surface area contributed by atoms with E-state index in [0.29, 0.717) is 0 Å². The maximum Gasteiger partial charge on any atom is 0.221 e. The molecule has 78 valence electrons. The van der Waals surface area contributed by atoms with Crippen molar-refractivity contribution in [2.45, 2.75) is 13.3 Å². The minimum atomic E-state index is -0.0515. The molecule has 0 radical (unpaired) electrons. The van der Waals surface area contributed by atoms with Crippen molar-refractivity contribution in [1.82, 2.24) is 5.32 Å². The Labute approximate surface area is 89.2 Å². The van der Waals surface area contributed by atoms with Crippen molar-refractivity contribution in [2.24, 2.45) is 0 Å². The van der Waals surface area contributed by atoms with Crippen LogP contribution in [0.3, 0.4) is 0 Å². The van der Waals surface area contributed by atoms with Crippen LogP contribution in [0.25, 0.3) is 5.70 Å². The lowest BCUT2D eigenvalue weighted by Gasteiger charge is -2.20. The van der Waals surface area contributed by atoms with Crippen LogP contribution in [-0.2, 0) is 11.2 Å². The molecule has 0 aromatic heterocycles. The summed E-state index contributed by atoms with van der Waals surface area (Å²) in [5.41, 5.74) is 4.15. The van der Waals surface area contributed by atoms with Crippen molar-refractivity contribution >= 4 is 17.3 Å². The predicted molar refractivity (Wildman–Crippen MR) is 61.5 cm³/mol. The van der Waals surface area contributed by atoms with E-state index in [1.54, 1.807) is 0 Å². The number of amides is 1. The van der Waals surface area contributed by atoms with Gasteiger partial charge in [-0.25, -0.2) is 0 Å². The molecule has 1 aliphatic heterocycles. The highest BCUT2D eigenvalue weighted by Gasteiger charge is 2.12. The van der Waals surface area contributed by atoms with Crippen LogP contribution in [-0.4, -0.2) is 12.5 Å². The van der Waals surface area contributed by atoms with Crippen molar-refractivity contribution in [2.75, 3.05) is 11.9 Å². The van der Waals surface area contributed by atoms with E-state index >= 15 is 0 Å². The smallest absolute Gasteiger partial charge is 0.221 e. The fourth-order valence-electron chi connectivity index (χ4n) is 1.80. The topological polar surface area (TPSA) is 41.1 Å². The van der Waals surface area contributed by atoms with E-state index in [1.807, 2.05) is 18.2 Å². The third kappa shape index (κ3) is 2.01. The van der Waals surface area contributed by atoms with Crippen molar-refractivity contribution in [3.05, 3.63) is 35.9 Å². The quantitative estimate of drug-likeness (QED) is 0.728. The lowest BCUT2D eigenvalue weighted by molar-refractivity contribution is -0.114. The molecule has 0 unspecified atom stereocenters. The van der Waals surface area contributed by atoms with Crippen LogP contribution < -0.4 is 10.6 Å². The largest absolute Gasteiger partial charge is 0.385 e. The SMILES string of the molecule is C=C1NCCc2ccc(NC(C)=O)cc21. The number of hydrogen-bond acceptors (Lipinski definition) is 2. The first-order chi connectivity index (χ1) is 7.16. The minimum absolute atomic E-state index is 0.0515. The van der Waals surface area contributed by atoms with Crippen LogP contribution in [0.4, 0.5) is 5.69 Å². The molecule has 0 bridgehead atoms. The average molecular weight is 202 g/mol. The Morgan fingerprint density at radius 1 is 1.53 bits per heavy atom. The van der Waals surface area contributed by atoms with Crippen LogP contribution in [0.15, 0.2) is 24.8 Å². The van der Waals surface area contributed by atoms with Gasteiger partial charge in [0.05, 0.1) is 0 Å². The summed E-state index contributed by atoms with van der Waals surface area (Å²) >= 11 is 0. The third-order valence-electron chi connectivity index (χ3n) is 2.49. The number of carbonyl (C=O) groups excluding carboxylic acids is 1. The van der Waals surface area contributed by atoms with Crippen molar-refractivity contribution in [3.63, 3.8) is 0 Å². The lowest BCUT2D eigenvalue weighted by Crippen LogP contribution is -2.22. The molecule has 1 aromatic rings. The molecule has 3 heteroatoms. The first-order valence-electron chi connectivity index (χ1n) is 5.00. The highest BCUT2D eigenvalue weighted by atomic mass is 16.1. The Morgan fingerprint density at radius 2 is 2.33 bits per heavy atom. The molecule has 0 aliphatic carbocycles. The van der Waals surface area contributed by atoms with Crippen molar-refractivity contribution < 1.29 is 4.79 Å². The Balaban J connectivity index is 2.35. The van der Waals surface area contributed by atoms with E-state index in [1.165, 1.54) is 12.5 Å². The molecule has 0 spiro atoms. The number of carbonyl (C=O) groups is 1. The van der Waals surface area contributed by atoms with Gasteiger partial charge in [-0.15, -0.1) is 0 Å². The fraction of sp³-hybridized carbons (Fsp3) is 0.250. The summed E-state index contributed by atoms with van der Waals surface area (Å²) in [5.74, 6) is -0.0515. The van der Waals surface area contributed by atoms with E-state index in [2.05, 4.69) is 17.2 Å². The number of anilines is 1. The highest BCUT2D eigenvalue weighted by Crippen LogP contribution is 2.24. The molecule has 1 amide bonds. The Kier molecular flexibility index (Phi) is 2.46. The van der Waals surface area contributed by atoms with Gasteiger partial charge in [0.1, 0.15) is 0 Å². The van der Waals surface area contributed by atoms with Gasteiger partial charge in [-0.3, -0.25) is 4.79 Å². The summed E-state index contributed by atoms with van der Waals surface area (Å²) < 4.78 is 0. The lowest BCUT2D eigenvalue weighted by atomic mass is 9.98. The molecule has 3 nitrogen and oxygen atoms in total. The number of hydrogen-bond donors (Lipinski definition) is 2. The van der Waals surface area contributed by atoms with Crippen LogP contribution in [0.2, 0.25) is 0 Å². The zero-order valence-corrected chi connectivity index (χ0v) is 8.76. The minimum Gasteiger partial charge on any atom is -0.385 e. The summed E-state index contributed by atoms with van der Waals surface area (Å²) in [6, 6.07) is 5.94. The molecule has 2 rings (SSSR count). The van der Waals surface area contributed by atoms with E-state index in [0.717, 1.165) is 29.9 Å². The molecule has 1 heterocycles. The van der Waals surface area contributed by atoms with Gasteiger partial charge in [-0.2, -0.15) is 0 Å². The van der Waals surface area contributed by atoms with Gasteiger partial charge in [-0.05, 0) is 24.1 Å². The molecular formula is C12H14N2O. The molecule has 0 saturated heterocycles. The van der Waals surface area contributed by atoms with Crippen molar-refractivity contribution in [3.8, 4) is 0 Å². The second-order valence-electron chi connectivity index (χ2n) is 3.71. The summed E-state index contributed by atoms with van der Waals surface area (Å²) in [5, 5.41) is 5.98. The number of rotatable bonds is 1. The Hall–Kier alpha value is -1.77. The summed E-state index contributed by atoms with van der Waals surface area (Å²) in [4.78, 5) is 10.9. The van der Waals surface area contributed by atoms with Crippen LogP contribution in [0.1, 0.15) is 18.1 Å². The predicted octanol–water partition coefficient (Wildman–Crippen LogP) is 1.76. The van der Waals surface area contributed by atoms with Gasteiger partial charge >= 0.3 is 0 Å². The molecule has 2 N–H and O–H groups in total. The standard InChI is InChI=1S/C12H14N2O/c1-8-12-7-11(14-9(2)15)4-3-10(12)5-6-13-8/h3-4,7,13H,1,5-6H2,2H3,(H,14,15). The van der Waals surface area contributed by atoms with E-state index < -0.39 is 0 Å². The second kappa shape index (κ2) is 3.77. The molecule has 0 fully saturated rings. The van der Waals surface area contributed by atoms with Gasteiger partial charge in [0.2, 0.25) is 5.91 Å². The summed E-state index contributed by atoms with van der Waals surface area (Å²) in [6.45, 7) is 6.39. The normalized spacial score (nSPS) is 14.1. The van der Waals surface area contributed by atoms with Crippen molar-refractivity contribution in [1.29, 1.82) is 0 Å². The monoisotopic (exact) mass is 202 g/mol. The molecule has 1 aromatic carbocycles. The average Bonchev–Trinajstić information content (AvgIpc) is 2.18. The first-order valence-corrected chi connectivity index (χ1v) is 5.00. The zero-order valence-electron chi connectivity index (χ0n) is 8.76. The summed E-state index contributed by atoms with van der Waals surface area (Å²) in [6.07, 6.45) is 1.01. The van der Waals surface area contributed by atoms with Crippen LogP contribution >= 0.6 is 0 Å². The van der Waals surface area contributed by atoms with Gasteiger partial charge in [0.15, 0.2) is 0 Å².